The molecule has 5 rings (SSSR count). The smallest absolute Gasteiger partial charge is 0.138 e. The number of ether oxygens (including phenoxy) is 1. The Morgan fingerprint density at radius 2 is 1.75 bits per heavy atom. The van der Waals surface area contributed by atoms with Gasteiger partial charge in [-0.25, -0.2) is 4.98 Å². The molecule has 0 saturated carbocycles. The first-order valence-corrected chi connectivity index (χ1v) is 10.8. The molecule has 2 heterocycles. The summed E-state index contributed by atoms with van der Waals surface area (Å²) in [6, 6.07) is 18.2. The van der Waals surface area contributed by atoms with E-state index in [2.05, 4.69) is 28.1 Å². The molecule has 1 aliphatic carbocycles. The molecular weight excluding hydrogens is 400 g/mol. The Bertz CT molecular complexity index is 1260. The van der Waals surface area contributed by atoms with Gasteiger partial charge in [-0.15, -0.1) is 0 Å². The number of aryl methyl sites for hydroxylation is 1. The molecule has 0 amide bonds. The summed E-state index contributed by atoms with van der Waals surface area (Å²) in [7, 11) is 0. The van der Waals surface area contributed by atoms with Crippen molar-refractivity contribution in [2.45, 2.75) is 26.2 Å². The van der Waals surface area contributed by atoms with E-state index < -0.39 is 0 Å². The Morgan fingerprint density at radius 3 is 2.50 bits per heavy atom. The second kappa shape index (κ2) is 8.67. The minimum absolute atomic E-state index is 0.706. The highest BCUT2D eigenvalue weighted by molar-refractivity contribution is 6.04. The first-order chi connectivity index (χ1) is 15.8. The highest BCUT2D eigenvalue weighted by atomic mass is 16.5. The normalized spacial score (nSPS) is 14.0. The van der Waals surface area contributed by atoms with Crippen LogP contribution in [0.15, 0.2) is 72.1 Å². The van der Waals surface area contributed by atoms with Crippen LogP contribution >= 0.6 is 0 Å². The molecule has 2 aromatic carbocycles. The van der Waals surface area contributed by atoms with Crippen molar-refractivity contribution in [3.8, 4) is 39.7 Å². The molecule has 0 spiro atoms. The predicted molar refractivity (Wildman–Crippen MR) is 125 cm³/mol. The van der Waals surface area contributed by atoms with Crippen LogP contribution in [0.5, 0.6) is 5.75 Å². The SMILES string of the molecule is CCCOc1ccc(-c2nc(-c3ccc4c(c3)CC/C4=N\O)c(-c3ccncc3)[nH]2)cc1. The predicted octanol–water partition coefficient (Wildman–Crippen LogP) is 5.72. The number of hydrogen-bond acceptors (Lipinski definition) is 5. The topological polar surface area (TPSA) is 83.4 Å². The van der Waals surface area contributed by atoms with E-state index in [0.717, 1.165) is 70.2 Å². The van der Waals surface area contributed by atoms with Crippen LogP contribution in [0.1, 0.15) is 30.9 Å². The largest absolute Gasteiger partial charge is 0.494 e. The van der Waals surface area contributed by atoms with Crippen LogP contribution in [0, 0.1) is 0 Å². The molecule has 0 saturated heterocycles. The van der Waals surface area contributed by atoms with Crippen molar-refractivity contribution < 1.29 is 9.94 Å². The third-order valence-corrected chi connectivity index (χ3v) is 5.71. The fourth-order valence-electron chi connectivity index (χ4n) is 4.10. The summed E-state index contributed by atoms with van der Waals surface area (Å²) in [6.07, 6.45) is 6.16. The summed E-state index contributed by atoms with van der Waals surface area (Å²) < 4.78 is 5.71. The van der Waals surface area contributed by atoms with Gasteiger partial charge < -0.3 is 14.9 Å². The van der Waals surface area contributed by atoms with E-state index in [9.17, 15) is 5.21 Å². The molecule has 6 heteroatoms. The van der Waals surface area contributed by atoms with Crippen LogP contribution in [-0.2, 0) is 6.42 Å². The zero-order valence-electron chi connectivity index (χ0n) is 17.9. The lowest BCUT2D eigenvalue weighted by molar-refractivity contribution is 0.317. The van der Waals surface area contributed by atoms with Gasteiger partial charge in [0.05, 0.1) is 23.7 Å². The van der Waals surface area contributed by atoms with Crippen LogP contribution in [0.3, 0.4) is 0 Å². The minimum Gasteiger partial charge on any atom is -0.494 e. The van der Waals surface area contributed by atoms with Gasteiger partial charge in [-0.3, -0.25) is 4.98 Å². The maximum absolute atomic E-state index is 9.24. The number of benzene rings is 2. The van der Waals surface area contributed by atoms with E-state index in [-0.39, 0.29) is 0 Å². The summed E-state index contributed by atoms with van der Waals surface area (Å²) in [5.41, 5.74) is 7.81. The zero-order valence-corrected chi connectivity index (χ0v) is 17.9. The van der Waals surface area contributed by atoms with Gasteiger partial charge in [0, 0.05) is 34.6 Å². The van der Waals surface area contributed by atoms with E-state index in [1.807, 2.05) is 48.5 Å². The van der Waals surface area contributed by atoms with Crippen molar-refractivity contribution >= 4 is 5.71 Å². The van der Waals surface area contributed by atoms with Gasteiger partial charge in [-0.2, -0.15) is 0 Å². The van der Waals surface area contributed by atoms with E-state index in [0.29, 0.717) is 6.61 Å². The first kappa shape index (κ1) is 20.0. The Morgan fingerprint density at radius 1 is 0.969 bits per heavy atom. The lowest BCUT2D eigenvalue weighted by atomic mass is 10.0. The molecule has 2 aromatic heterocycles. The number of H-pyrrole nitrogens is 1. The van der Waals surface area contributed by atoms with Crippen molar-refractivity contribution in [2.75, 3.05) is 6.61 Å². The molecular formula is C26H24N4O2. The van der Waals surface area contributed by atoms with Crippen molar-refractivity contribution in [1.82, 2.24) is 15.0 Å². The molecule has 1 aliphatic rings. The number of aromatic amines is 1. The van der Waals surface area contributed by atoms with Gasteiger partial charge in [0.2, 0.25) is 0 Å². The number of hydrogen-bond donors (Lipinski definition) is 2. The lowest BCUT2D eigenvalue weighted by Gasteiger charge is -2.06. The monoisotopic (exact) mass is 424 g/mol. The zero-order chi connectivity index (χ0) is 21.9. The number of fused-ring (bicyclic) bond motifs is 1. The van der Waals surface area contributed by atoms with Crippen LogP contribution in [0.2, 0.25) is 0 Å². The van der Waals surface area contributed by atoms with Crippen molar-refractivity contribution in [2.24, 2.45) is 5.16 Å². The van der Waals surface area contributed by atoms with Crippen LogP contribution < -0.4 is 4.74 Å². The van der Waals surface area contributed by atoms with Gasteiger partial charge in [0.15, 0.2) is 0 Å². The lowest BCUT2D eigenvalue weighted by Crippen LogP contribution is -1.94. The van der Waals surface area contributed by atoms with Gasteiger partial charge in [-0.1, -0.05) is 24.2 Å². The maximum atomic E-state index is 9.24. The third-order valence-electron chi connectivity index (χ3n) is 5.71. The molecule has 6 nitrogen and oxygen atoms in total. The van der Waals surface area contributed by atoms with Crippen LogP contribution in [-0.4, -0.2) is 32.5 Å². The van der Waals surface area contributed by atoms with Crippen molar-refractivity contribution in [3.63, 3.8) is 0 Å². The Labute approximate surface area is 186 Å². The number of oxime groups is 1. The molecule has 32 heavy (non-hydrogen) atoms. The van der Waals surface area contributed by atoms with E-state index in [1.54, 1.807) is 12.4 Å². The molecule has 160 valence electrons. The molecule has 0 atom stereocenters. The maximum Gasteiger partial charge on any atom is 0.138 e. The number of rotatable bonds is 6. The Kier molecular flexibility index (Phi) is 5.42. The standard InChI is InChI=1S/C26H24N4O2/c1-2-15-32-21-7-3-18(4-8-21)26-28-24(17-11-13-27-14-12-17)25(29-26)20-5-9-22-19(16-20)6-10-23(22)30-31/h3-5,7-9,11-14,16,31H,2,6,10,15H2,1H3,(H,28,29)/b30-23+. The van der Waals surface area contributed by atoms with E-state index in [4.69, 9.17) is 9.72 Å². The molecule has 2 N–H and O–H groups in total. The third kappa shape index (κ3) is 3.75. The molecule has 4 aromatic rings. The summed E-state index contributed by atoms with van der Waals surface area (Å²) in [6.45, 7) is 2.80. The van der Waals surface area contributed by atoms with Crippen molar-refractivity contribution in [1.29, 1.82) is 0 Å². The Balaban J connectivity index is 1.57. The number of nitrogens with one attached hydrogen (secondary N) is 1. The summed E-state index contributed by atoms with van der Waals surface area (Å²) >= 11 is 0. The second-order valence-corrected chi connectivity index (χ2v) is 7.84. The molecule has 0 unspecified atom stereocenters. The molecule has 0 radical (unpaired) electrons. The second-order valence-electron chi connectivity index (χ2n) is 7.84. The van der Waals surface area contributed by atoms with Crippen LogP contribution in [0.25, 0.3) is 33.9 Å². The first-order valence-electron chi connectivity index (χ1n) is 10.8. The Hall–Kier alpha value is -3.93. The van der Waals surface area contributed by atoms with Gasteiger partial charge in [-0.05, 0) is 67.3 Å². The summed E-state index contributed by atoms with van der Waals surface area (Å²) in [4.78, 5) is 12.7. The number of pyridine rings is 1. The molecule has 0 aliphatic heterocycles. The van der Waals surface area contributed by atoms with E-state index >= 15 is 0 Å². The number of imidazole rings is 1. The fourth-order valence-corrected chi connectivity index (χ4v) is 4.10. The number of nitrogens with zero attached hydrogens (tertiary/aromatic N) is 3. The number of aromatic nitrogens is 3. The summed E-state index contributed by atoms with van der Waals surface area (Å²) in [5, 5.41) is 12.7. The van der Waals surface area contributed by atoms with Crippen LogP contribution in [0.4, 0.5) is 0 Å². The average Bonchev–Trinajstić information content (AvgIpc) is 3.48. The minimum atomic E-state index is 0.706. The fraction of sp³-hybridized carbons (Fsp3) is 0.192. The molecule has 0 fully saturated rings. The highest BCUT2D eigenvalue weighted by Crippen LogP contribution is 2.35. The van der Waals surface area contributed by atoms with Gasteiger partial charge in [0.1, 0.15) is 11.6 Å². The van der Waals surface area contributed by atoms with E-state index in [1.165, 1.54) is 5.56 Å². The average molecular weight is 425 g/mol. The quantitative estimate of drug-likeness (QED) is 0.306. The summed E-state index contributed by atoms with van der Waals surface area (Å²) in [5.74, 6) is 1.66. The highest BCUT2D eigenvalue weighted by Gasteiger charge is 2.21. The van der Waals surface area contributed by atoms with Crippen molar-refractivity contribution in [3.05, 3.63) is 78.1 Å². The van der Waals surface area contributed by atoms with Gasteiger partial charge >= 0.3 is 0 Å². The molecule has 0 bridgehead atoms. The van der Waals surface area contributed by atoms with Gasteiger partial charge in [0.25, 0.3) is 0 Å².